The van der Waals surface area contributed by atoms with E-state index in [0.29, 0.717) is 5.56 Å². The molecule has 0 aliphatic carbocycles. The smallest absolute Gasteiger partial charge is 0.252 e. The summed E-state index contributed by atoms with van der Waals surface area (Å²) in [6.07, 6.45) is 12.6. The van der Waals surface area contributed by atoms with Crippen LogP contribution in [-0.4, -0.2) is 48.6 Å². The summed E-state index contributed by atoms with van der Waals surface area (Å²) in [5, 5.41) is 8.40. The van der Waals surface area contributed by atoms with Crippen molar-refractivity contribution in [3.05, 3.63) is 72.7 Å². The van der Waals surface area contributed by atoms with Crippen LogP contribution in [0, 0.1) is 0 Å². The number of rotatable bonds is 5. The molecule has 1 atom stereocenters. The normalized spacial score (nSPS) is 15.3. The van der Waals surface area contributed by atoms with E-state index in [1.54, 1.807) is 35.4 Å². The third kappa shape index (κ3) is 4.02. The van der Waals surface area contributed by atoms with Gasteiger partial charge in [-0.1, -0.05) is 0 Å². The largest absolute Gasteiger partial charge is 0.331 e. The first-order valence-electron chi connectivity index (χ1n) is 10.4. The van der Waals surface area contributed by atoms with Gasteiger partial charge in [0.15, 0.2) is 0 Å². The molecule has 8 heteroatoms. The summed E-state index contributed by atoms with van der Waals surface area (Å²) >= 11 is 0. The zero-order valence-electron chi connectivity index (χ0n) is 17.3. The molecule has 5 heterocycles. The van der Waals surface area contributed by atoms with Crippen LogP contribution in [-0.2, 0) is 7.05 Å². The van der Waals surface area contributed by atoms with Gasteiger partial charge in [-0.25, -0.2) is 0 Å². The molecule has 1 saturated heterocycles. The van der Waals surface area contributed by atoms with Crippen molar-refractivity contribution < 1.29 is 4.79 Å². The van der Waals surface area contributed by atoms with Gasteiger partial charge in [-0.3, -0.25) is 29.3 Å². The fourth-order valence-corrected chi connectivity index (χ4v) is 3.99. The number of fused-ring (bicyclic) bond motifs is 1. The lowest BCUT2D eigenvalue weighted by Crippen LogP contribution is -2.40. The predicted molar refractivity (Wildman–Crippen MR) is 117 cm³/mol. The van der Waals surface area contributed by atoms with Crippen molar-refractivity contribution in [1.29, 1.82) is 0 Å². The Morgan fingerprint density at radius 1 is 1.03 bits per heavy atom. The van der Waals surface area contributed by atoms with Gasteiger partial charge in [0.25, 0.3) is 5.91 Å². The number of hydrogen-bond acceptors (Lipinski definition) is 6. The molecule has 1 fully saturated rings. The van der Waals surface area contributed by atoms with Crippen LogP contribution in [0.3, 0.4) is 0 Å². The van der Waals surface area contributed by atoms with Crippen molar-refractivity contribution in [2.45, 2.75) is 19.0 Å². The molecular weight excluding hydrogens is 390 g/mol. The van der Waals surface area contributed by atoms with Crippen molar-refractivity contribution in [2.75, 3.05) is 13.1 Å². The number of aromatic nitrogens is 5. The summed E-state index contributed by atoms with van der Waals surface area (Å²) in [6.45, 7) is 1.85. The van der Waals surface area contributed by atoms with Gasteiger partial charge in [0, 0.05) is 67.0 Å². The molecule has 8 nitrogen and oxygen atoms in total. The molecule has 0 saturated carbocycles. The van der Waals surface area contributed by atoms with Crippen molar-refractivity contribution in [2.24, 2.45) is 7.05 Å². The van der Waals surface area contributed by atoms with Gasteiger partial charge in [-0.05, 0) is 37.1 Å². The number of likely N-dealkylation sites (tertiary alicyclic amines) is 1. The average Bonchev–Trinajstić information content (AvgIpc) is 3.49. The van der Waals surface area contributed by atoms with Gasteiger partial charge in [0.1, 0.15) is 6.17 Å². The number of nitrogens with one attached hydrogen (secondary N) is 1. The maximum atomic E-state index is 12.9. The molecule has 0 aromatic carbocycles. The minimum absolute atomic E-state index is 0.136. The van der Waals surface area contributed by atoms with Crippen LogP contribution < -0.4 is 5.32 Å². The van der Waals surface area contributed by atoms with E-state index in [-0.39, 0.29) is 12.1 Å². The fourth-order valence-electron chi connectivity index (χ4n) is 3.99. The van der Waals surface area contributed by atoms with Crippen LogP contribution in [0.4, 0.5) is 0 Å². The summed E-state index contributed by atoms with van der Waals surface area (Å²) in [5.41, 5.74) is 4.22. The van der Waals surface area contributed by atoms with Crippen LogP contribution in [0.5, 0.6) is 0 Å². The topological polar surface area (TPSA) is 88.8 Å². The molecule has 1 N–H and O–H groups in total. The summed E-state index contributed by atoms with van der Waals surface area (Å²) in [7, 11) is 1.89. The van der Waals surface area contributed by atoms with Gasteiger partial charge in [-0.2, -0.15) is 5.10 Å². The molecule has 4 aromatic heterocycles. The highest BCUT2D eigenvalue weighted by Crippen LogP contribution is 2.26. The van der Waals surface area contributed by atoms with E-state index in [2.05, 4.69) is 36.3 Å². The molecule has 5 rings (SSSR count). The molecule has 31 heavy (non-hydrogen) atoms. The zero-order valence-corrected chi connectivity index (χ0v) is 17.3. The van der Waals surface area contributed by atoms with Gasteiger partial charge >= 0.3 is 0 Å². The third-order valence-corrected chi connectivity index (χ3v) is 5.62. The molecule has 0 radical (unpaired) electrons. The highest BCUT2D eigenvalue weighted by molar-refractivity contribution is 5.94. The van der Waals surface area contributed by atoms with Crippen molar-refractivity contribution in [1.82, 2.24) is 34.9 Å². The highest BCUT2D eigenvalue weighted by atomic mass is 16.1. The Labute approximate surface area is 180 Å². The molecule has 0 spiro atoms. The van der Waals surface area contributed by atoms with Crippen LogP contribution in [0.1, 0.15) is 35.1 Å². The lowest BCUT2D eigenvalue weighted by Gasteiger charge is -2.28. The Morgan fingerprint density at radius 3 is 2.58 bits per heavy atom. The number of nitrogens with zero attached hydrogens (tertiary/aromatic N) is 6. The number of aryl methyl sites for hydroxylation is 1. The first-order chi connectivity index (χ1) is 15.2. The van der Waals surface area contributed by atoms with E-state index in [9.17, 15) is 4.79 Å². The van der Waals surface area contributed by atoms with E-state index in [1.165, 1.54) is 0 Å². The second-order valence-corrected chi connectivity index (χ2v) is 7.78. The first-order valence-corrected chi connectivity index (χ1v) is 10.4. The van der Waals surface area contributed by atoms with E-state index in [0.717, 1.165) is 53.7 Å². The molecule has 4 aromatic rings. The Balaban J connectivity index is 1.50. The fraction of sp³-hybridized carbons (Fsp3) is 0.261. The molecule has 1 aliphatic rings. The Morgan fingerprint density at radius 2 is 1.84 bits per heavy atom. The Bertz CT molecular complexity index is 1220. The first kappa shape index (κ1) is 19.3. The number of hydrogen-bond donors (Lipinski definition) is 1. The minimum atomic E-state index is -0.297. The summed E-state index contributed by atoms with van der Waals surface area (Å²) in [4.78, 5) is 28.4. The summed E-state index contributed by atoms with van der Waals surface area (Å²) < 4.78 is 1.77. The highest BCUT2D eigenvalue weighted by Gasteiger charge is 2.26. The lowest BCUT2D eigenvalue weighted by atomic mass is 10.1. The number of amides is 1. The summed E-state index contributed by atoms with van der Waals surface area (Å²) in [5.74, 6) is -0.136. The van der Waals surface area contributed by atoms with E-state index >= 15 is 0 Å². The van der Waals surface area contributed by atoms with Crippen molar-refractivity contribution in [3.8, 4) is 11.1 Å². The van der Waals surface area contributed by atoms with Crippen LogP contribution >= 0.6 is 0 Å². The molecule has 1 unspecified atom stereocenters. The third-order valence-electron chi connectivity index (χ3n) is 5.62. The Kier molecular flexibility index (Phi) is 5.13. The number of pyridine rings is 3. The summed E-state index contributed by atoms with van der Waals surface area (Å²) in [6, 6.07) is 7.55. The molecule has 1 aliphatic heterocycles. The van der Waals surface area contributed by atoms with Gasteiger partial charge < -0.3 is 5.32 Å². The zero-order chi connectivity index (χ0) is 21.2. The van der Waals surface area contributed by atoms with Gasteiger partial charge in [0.05, 0.1) is 23.6 Å². The van der Waals surface area contributed by atoms with Crippen LogP contribution in [0.2, 0.25) is 0 Å². The second kappa shape index (κ2) is 8.23. The predicted octanol–water partition coefficient (Wildman–Crippen LogP) is 2.95. The van der Waals surface area contributed by atoms with Gasteiger partial charge in [0.2, 0.25) is 0 Å². The van der Waals surface area contributed by atoms with E-state index in [4.69, 9.17) is 0 Å². The molecule has 1 amide bonds. The van der Waals surface area contributed by atoms with Crippen molar-refractivity contribution >= 4 is 16.8 Å². The van der Waals surface area contributed by atoms with E-state index in [1.807, 2.05) is 31.7 Å². The van der Waals surface area contributed by atoms with Crippen LogP contribution in [0.25, 0.3) is 22.0 Å². The Hall–Kier alpha value is -3.65. The molecule has 156 valence electrons. The maximum Gasteiger partial charge on any atom is 0.252 e. The van der Waals surface area contributed by atoms with E-state index < -0.39 is 0 Å². The van der Waals surface area contributed by atoms with Gasteiger partial charge in [-0.15, -0.1) is 0 Å². The minimum Gasteiger partial charge on any atom is -0.331 e. The van der Waals surface area contributed by atoms with Crippen LogP contribution in [0.15, 0.2) is 61.4 Å². The lowest BCUT2D eigenvalue weighted by molar-refractivity contribution is 0.0868. The number of carbonyl (C=O) groups excluding carboxylic acids is 1. The standard InChI is InChI=1S/C23H23N7O/c1-29-15-19(13-27-29)18-10-17-11-20(26-14-21(17)25-12-18)22(30-8-2-3-9-30)28-23(31)16-4-6-24-7-5-16/h4-7,10-15,22H,2-3,8-9H2,1H3,(H,28,31). The maximum absolute atomic E-state index is 12.9. The van der Waals surface area contributed by atoms with Crippen molar-refractivity contribution in [3.63, 3.8) is 0 Å². The monoisotopic (exact) mass is 413 g/mol. The molecule has 0 bridgehead atoms. The second-order valence-electron chi connectivity index (χ2n) is 7.78. The molecular formula is C23H23N7O. The quantitative estimate of drug-likeness (QED) is 0.541. The SMILES string of the molecule is Cn1cc(-c2cnc3cnc(C(NC(=O)c4ccncc4)N4CCCC4)cc3c2)cn1. The number of carbonyl (C=O) groups is 1. The average molecular weight is 413 g/mol.